The molecule has 1 aliphatic rings. The lowest BCUT2D eigenvalue weighted by molar-refractivity contribution is -0.0871. The van der Waals surface area contributed by atoms with E-state index in [0.29, 0.717) is 17.7 Å². The van der Waals surface area contributed by atoms with E-state index in [-0.39, 0.29) is 17.5 Å². The maximum Gasteiger partial charge on any atom is 0.168 e. The van der Waals surface area contributed by atoms with Gasteiger partial charge in [0.2, 0.25) is 0 Å². The highest BCUT2D eigenvalue weighted by atomic mass is 19.1. The first kappa shape index (κ1) is 15.3. The third-order valence-corrected chi connectivity index (χ3v) is 4.27. The van der Waals surface area contributed by atoms with Gasteiger partial charge in [-0.3, -0.25) is 0 Å². The standard InChI is InChI=1S/C16H24FNO2/c1-16(9-4-5-10-20-16)14(18-2)11-12-7-6-8-13(19-3)15(12)17/h6-8,14,18H,4-5,9-11H2,1-3H3. The number of hydrogen-bond donors (Lipinski definition) is 1. The number of nitrogens with one attached hydrogen (secondary N) is 1. The molecule has 1 fully saturated rings. The summed E-state index contributed by atoms with van der Waals surface area (Å²) in [4.78, 5) is 0. The Morgan fingerprint density at radius 1 is 1.45 bits per heavy atom. The highest BCUT2D eigenvalue weighted by molar-refractivity contribution is 5.32. The molecule has 0 aliphatic carbocycles. The second kappa shape index (κ2) is 6.55. The van der Waals surface area contributed by atoms with Crippen LogP contribution in [0.1, 0.15) is 31.7 Å². The molecule has 1 aliphatic heterocycles. The molecule has 4 heteroatoms. The molecular formula is C16H24FNO2. The Morgan fingerprint density at radius 3 is 2.85 bits per heavy atom. The van der Waals surface area contributed by atoms with E-state index in [4.69, 9.17) is 9.47 Å². The largest absolute Gasteiger partial charge is 0.494 e. The summed E-state index contributed by atoms with van der Waals surface area (Å²) in [5.74, 6) is 0.0294. The maximum absolute atomic E-state index is 14.3. The van der Waals surface area contributed by atoms with E-state index in [0.717, 1.165) is 25.9 Å². The van der Waals surface area contributed by atoms with Crippen LogP contribution in [0.4, 0.5) is 4.39 Å². The Balaban J connectivity index is 2.18. The van der Waals surface area contributed by atoms with E-state index in [2.05, 4.69) is 12.2 Å². The minimum atomic E-state index is -0.269. The van der Waals surface area contributed by atoms with Gasteiger partial charge in [-0.25, -0.2) is 4.39 Å². The van der Waals surface area contributed by atoms with Gasteiger partial charge in [-0.15, -0.1) is 0 Å². The van der Waals surface area contributed by atoms with Crippen LogP contribution in [0.25, 0.3) is 0 Å². The van der Waals surface area contributed by atoms with Crippen molar-refractivity contribution in [2.24, 2.45) is 0 Å². The van der Waals surface area contributed by atoms with Crippen LogP contribution in [-0.4, -0.2) is 32.4 Å². The maximum atomic E-state index is 14.3. The third-order valence-electron chi connectivity index (χ3n) is 4.27. The Hall–Kier alpha value is -1.13. The summed E-state index contributed by atoms with van der Waals surface area (Å²) < 4.78 is 25.3. The summed E-state index contributed by atoms with van der Waals surface area (Å²) in [6.07, 6.45) is 3.87. The van der Waals surface area contributed by atoms with Gasteiger partial charge in [0.15, 0.2) is 11.6 Å². The monoisotopic (exact) mass is 281 g/mol. The summed E-state index contributed by atoms with van der Waals surface area (Å²) in [6, 6.07) is 5.37. The van der Waals surface area contributed by atoms with Gasteiger partial charge in [-0.2, -0.15) is 0 Å². The lowest BCUT2D eigenvalue weighted by Gasteiger charge is -2.40. The molecule has 0 saturated carbocycles. The topological polar surface area (TPSA) is 30.5 Å². The van der Waals surface area contributed by atoms with Crippen LogP contribution in [0.2, 0.25) is 0 Å². The Bertz CT molecular complexity index is 444. The molecule has 3 nitrogen and oxygen atoms in total. The molecule has 1 aromatic rings. The zero-order valence-electron chi connectivity index (χ0n) is 12.5. The van der Waals surface area contributed by atoms with Gasteiger partial charge in [0.1, 0.15) is 0 Å². The second-order valence-corrected chi connectivity index (χ2v) is 5.60. The zero-order valence-corrected chi connectivity index (χ0v) is 12.5. The van der Waals surface area contributed by atoms with E-state index >= 15 is 0 Å². The SMILES string of the molecule is CNC(Cc1cccc(OC)c1F)C1(C)CCCCO1. The molecule has 1 aromatic carbocycles. The quantitative estimate of drug-likeness (QED) is 0.900. The summed E-state index contributed by atoms with van der Waals surface area (Å²) in [7, 11) is 3.40. The first-order valence-corrected chi connectivity index (χ1v) is 7.23. The fraction of sp³-hybridized carbons (Fsp3) is 0.625. The molecule has 2 atom stereocenters. The summed E-state index contributed by atoms with van der Waals surface area (Å²) in [5, 5.41) is 3.29. The number of hydrogen-bond acceptors (Lipinski definition) is 3. The van der Waals surface area contributed by atoms with E-state index in [1.54, 1.807) is 6.07 Å². The zero-order chi connectivity index (χ0) is 14.6. The van der Waals surface area contributed by atoms with E-state index in [9.17, 15) is 4.39 Å². The highest BCUT2D eigenvalue weighted by Gasteiger charge is 2.36. The molecule has 0 aromatic heterocycles. The molecule has 2 unspecified atom stereocenters. The molecule has 1 heterocycles. The summed E-state index contributed by atoms with van der Waals surface area (Å²) >= 11 is 0. The smallest absolute Gasteiger partial charge is 0.168 e. The van der Waals surface area contributed by atoms with Crippen molar-refractivity contribution in [3.05, 3.63) is 29.6 Å². The average molecular weight is 281 g/mol. The normalized spacial score (nSPS) is 24.4. The number of ether oxygens (including phenoxy) is 2. The van der Waals surface area contributed by atoms with Crippen molar-refractivity contribution in [1.82, 2.24) is 5.32 Å². The Kier molecular flexibility index (Phi) is 5.00. The number of likely N-dealkylation sites (N-methyl/N-ethyl adjacent to an activating group) is 1. The first-order chi connectivity index (χ1) is 9.60. The lowest BCUT2D eigenvalue weighted by atomic mass is 9.84. The number of methoxy groups -OCH3 is 1. The molecule has 0 amide bonds. The molecule has 1 N–H and O–H groups in total. The van der Waals surface area contributed by atoms with Crippen LogP contribution in [0, 0.1) is 5.82 Å². The molecule has 0 radical (unpaired) electrons. The first-order valence-electron chi connectivity index (χ1n) is 7.23. The average Bonchev–Trinajstić information content (AvgIpc) is 2.46. The molecule has 0 bridgehead atoms. The number of rotatable bonds is 5. The number of benzene rings is 1. The minimum Gasteiger partial charge on any atom is -0.494 e. The molecule has 0 spiro atoms. The van der Waals surface area contributed by atoms with Crippen LogP contribution in [0.5, 0.6) is 5.75 Å². The fourth-order valence-electron chi connectivity index (χ4n) is 2.95. The van der Waals surface area contributed by atoms with Crippen molar-refractivity contribution in [3.8, 4) is 5.75 Å². The predicted molar refractivity (Wildman–Crippen MR) is 77.7 cm³/mol. The molecule has 2 rings (SSSR count). The molecule has 20 heavy (non-hydrogen) atoms. The van der Waals surface area contributed by atoms with Crippen LogP contribution >= 0.6 is 0 Å². The van der Waals surface area contributed by atoms with Crippen LogP contribution in [0.3, 0.4) is 0 Å². The molecular weight excluding hydrogens is 257 g/mol. The van der Waals surface area contributed by atoms with Crippen LogP contribution < -0.4 is 10.1 Å². The molecule has 112 valence electrons. The van der Waals surface area contributed by atoms with E-state index in [1.165, 1.54) is 7.11 Å². The van der Waals surface area contributed by atoms with Gasteiger partial charge >= 0.3 is 0 Å². The minimum absolute atomic E-state index is 0.0874. The van der Waals surface area contributed by atoms with Crippen LogP contribution in [-0.2, 0) is 11.2 Å². The predicted octanol–water partition coefficient (Wildman–Crippen LogP) is 2.92. The van der Waals surface area contributed by atoms with Crippen molar-refractivity contribution in [3.63, 3.8) is 0 Å². The third kappa shape index (κ3) is 3.13. The highest BCUT2D eigenvalue weighted by Crippen LogP contribution is 2.31. The van der Waals surface area contributed by atoms with Gasteiger partial charge in [0.05, 0.1) is 12.7 Å². The van der Waals surface area contributed by atoms with Gasteiger partial charge in [-0.1, -0.05) is 12.1 Å². The van der Waals surface area contributed by atoms with Gasteiger partial charge < -0.3 is 14.8 Å². The summed E-state index contributed by atoms with van der Waals surface area (Å²) in [6.45, 7) is 2.90. The number of halogens is 1. The second-order valence-electron chi connectivity index (χ2n) is 5.60. The van der Waals surface area contributed by atoms with Gasteiger partial charge in [-0.05, 0) is 51.3 Å². The van der Waals surface area contributed by atoms with E-state index < -0.39 is 0 Å². The van der Waals surface area contributed by atoms with Crippen LogP contribution in [0.15, 0.2) is 18.2 Å². The van der Waals surface area contributed by atoms with Gasteiger partial charge in [0.25, 0.3) is 0 Å². The van der Waals surface area contributed by atoms with Crippen molar-refractivity contribution in [2.45, 2.75) is 44.2 Å². The van der Waals surface area contributed by atoms with E-state index in [1.807, 2.05) is 19.2 Å². The fourth-order valence-corrected chi connectivity index (χ4v) is 2.95. The van der Waals surface area contributed by atoms with Crippen molar-refractivity contribution in [2.75, 3.05) is 20.8 Å². The Morgan fingerprint density at radius 2 is 2.25 bits per heavy atom. The molecule has 1 saturated heterocycles. The Labute approximate surface area is 120 Å². The summed E-state index contributed by atoms with van der Waals surface area (Å²) in [5.41, 5.74) is 0.432. The van der Waals surface area contributed by atoms with Crippen molar-refractivity contribution < 1.29 is 13.9 Å². The lowest BCUT2D eigenvalue weighted by Crippen LogP contribution is -2.52. The van der Waals surface area contributed by atoms with Crippen molar-refractivity contribution in [1.29, 1.82) is 0 Å². The van der Waals surface area contributed by atoms with Crippen molar-refractivity contribution >= 4 is 0 Å². The van der Waals surface area contributed by atoms with Gasteiger partial charge in [0, 0.05) is 12.6 Å².